The minimum absolute atomic E-state index is 0.144. The van der Waals surface area contributed by atoms with Gasteiger partial charge in [0.05, 0.1) is 22.2 Å². The highest BCUT2D eigenvalue weighted by atomic mass is 35.5. The Bertz CT molecular complexity index is 1950. The summed E-state index contributed by atoms with van der Waals surface area (Å²) in [5.41, 5.74) is 3.18. The number of imidazole rings is 1. The molecule has 1 aliphatic heterocycles. The van der Waals surface area contributed by atoms with Crippen LogP contribution in [0.5, 0.6) is 0 Å². The first-order valence-corrected chi connectivity index (χ1v) is 15.0. The third-order valence-corrected chi connectivity index (χ3v) is 9.43. The number of nitro groups is 1. The summed E-state index contributed by atoms with van der Waals surface area (Å²) in [6, 6.07) is 15.4. The van der Waals surface area contributed by atoms with E-state index in [9.17, 15) is 24.8 Å². The summed E-state index contributed by atoms with van der Waals surface area (Å²) < 4.78 is 2.34. The van der Waals surface area contributed by atoms with Gasteiger partial charge in [-0.3, -0.25) is 24.6 Å². The summed E-state index contributed by atoms with van der Waals surface area (Å²) in [6.45, 7) is 3.62. The molecule has 2 aromatic carbocycles. The Morgan fingerprint density at radius 3 is 2.49 bits per heavy atom. The average molecular weight is 633 g/mol. The van der Waals surface area contributed by atoms with Crippen molar-refractivity contribution in [1.29, 1.82) is 0 Å². The Morgan fingerprint density at radius 2 is 1.81 bits per heavy atom. The second kappa shape index (κ2) is 11.2. The van der Waals surface area contributed by atoms with Crippen LogP contribution in [0.2, 0.25) is 5.02 Å². The first-order valence-electron chi connectivity index (χ1n) is 12.8. The summed E-state index contributed by atoms with van der Waals surface area (Å²) >= 11 is 8.50. The van der Waals surface area contributed by atoms with Gasteiger partial charge in [0.2, 0.25) is 5.13 Å². The summed E-state index contributed by atoms with van der Waals surface area (Å²) in [4.78, 5) is 43.7. The van der Waals surface area contributed by atoms with Gasteiger partial charge in [0.15, 0.2) is 10.1 Å². The van der Waals surface area contributed by atoms with Crippen LogP contribution in [0, 0.1) is 24.0 Å². The van der Waals surface area contributed by atoms with Gasteiger partial charge in [-0.05, 0) is 60.9 Å². The number of thioether (sulfide) groups is 1. The number of ketones is 1. The van der Waals surface area contributed by atoms with E-state index in [1.54, 1.807) is 29.7 Å². The SMILES string of the molecule is Cc1cccn2c(C)c(C(O)=C3C(=O)C(=O)N(c4nnc(SCc5ccc(Cl)cc5)s4)C3c3ccc([N+](=O)[O-])cc3)nc12. The van der Waals surface area contributed by atoms with Crippen molar-refractivity contribution >= 4 is 68.6 Å². The summed E-state index contributed by atoms with van der Waals surface area (Å²) in [5, 5.41) is 32.1. The lowest BCUT2D eigenvalue weighted by molar-refractivity contribution is -0.384. The number of pyridine rings is 1. The van der Waals surface area contributed by atoms with Crippen LogP contribution >= 0.6 is 34.7 Å². The number of rotatable bonds is 7. The van der Waals surface area contributed by atoms with Gasteiger partial charge in [-0.15, -0.1) is 10.2 Å². The molecule has 5 aromatic rings. The van der Waals surface area contributed by atoms with Crippen molar-refractivity contribution in [3.8, 4) is 0 Å². The van der Waals surface area contributed by atoms with Crippen molar-refractivity contribution in [3.63, 3.8) is 0 Å². The number of carbonyl (C=O) groups excluding carboxylic acids is 2. The molecule has 1 saturated heterocycles. The van der Waals surface area contributed by atoms with Crippen molar-refractivity contribution in [2.75, 3.05) is 4.90 Å². The van der Waals surface area contributed by atoms with Gasteiger partial charge in [-0.25, -0.2) is 4.98 Å². The number of fused-ring (bicyclic) bond motifs is 1. The summed E-state index contributed by atoms with van der Waals surface area (Å²) in [7, 11) is 0. The minimum atomic E-state index is -1.13. The third-order valence-electron chi connectivity index (χ3n) is 7.05. The number of nitrogens with zero attached hydrogens (tertiary/aromatic N) is 6. The van der Waals surface area contributed by atoms with Gasteiger partial charge < -0.3 is 9.51 Å². The van der Waals surface area contributed by atoms with E-state index >= 15 is 0 Å². The number of amides is 1. The highest BCUT2D eigenvalue weighted by molar-refractivity contribution is 8.00. The maximum absolute atomic E-state index is 13.6. The lowest BCUT2D eigenvalue weighted by atomic mass is 9.96. The fourth-order valence-electron chi connectivity index (χ4n) is 4.88. The van der Waals surface area contributed by atoms with Crippen molar-refractivity contribution in [1.82, 2.24) is 19.6 Å². The number of nitro benzene ring substituents is 1. The summed E-state index contributed by atoms with van der Waals surface area (Å²) in [6.07, 6.45) is 1.79. The Labute approximate surface area is 257 Å². The van der Waals surface area contributed by atoms with Crippen molar-refractivity contribution < 1.29 is 19.6 Å². The molecule has 4 heterocycles. The van der Waals surface area contributed by atoms with Crippen LogP contribution < -0.4 is 4.90 Å². The second-order valence-corrected chi connectivity index (χ2v) is 12.3. The number of halogens is 1. The molecular weight excluding hydrogens is 612 g/mol. The van der Waals surface area contributed by atoms with Crippen LogP contribution in [0.3, 0.4) is 0 Å². The Morgan fingerprint density at radius 1 is 1.09 bits per heavy atom. The van der Waals surface area contributed by atoms with Gasteiger partial charge in [-0.2, -0.15) is 0 Å². The highest BCUT2D eigenvalue weighted by Gasteiger charge is 2.49. The van der Waals surface area contributed by atoms with E-state index in [1.807, 2.05) is 31.2 Å². The molecule has 1 fully saturated rings. The van der Waals surface area contributed by atoms with Crippen molar-refractivity contribution in [2.24, 2.45) is 0 Å². The molecule has 6 rings (SSSR count). The van der Waals surface area contributed by atoms with E-state index in [0.717, 1.165) is 22.5 Å². The number of non-ortho nitro benzene ring substituents is 1. The molecule has 1 atom stereocenters. The number of aromatic nitrogens is 4. The fourth-order valence-corrected chi connectivity index (χ4v) is 6.83. The first-order chi connectivity index (χ1) is 20.6. The minimum Gasteiger partial charge on any atom is -0.505 e. The lowest BCUT2D eigenvalue weighted by Gasteiger charge is -2.22. The molecule has 0 bridgehead atoms. The molecule has 0 radical (unpaired) electrons. The first kappa shape index (κ1) is 28.5. The Kier molecular flexibility index (Phi) is 7.46. The topological polar surface area (TPSA) is 144 Å². The number of carbonyl (C=O) groups is 2. The Hall–Kier alpha value is -4.59. The predicted octanol–water partition coefficient (Wildman–Crippen LogP) is 6.28. The van der Waals surface area contributed by atoms with Crippen LogP contribution in [0.1, 0.15) is 34.1 Å². The smallest absolute Gasteiger partial charge is 0.301 e. The predicted molar refractivity (Wildman–Crippen MR) is 163 cm³/mol. The largest absolute Gasteiger partial charge is 0.505 e. The van der Waals surface area contributed by atoms with Crippen LogP contribution in [-0.2, 0) is 15.3 Å². The van der Waals surface area contributed by atoms with Crippen LogP contribution in [-0.4, -0.2) is 41.3 Å². The molecule has 0 aliphatic carbocycles. The van der Waals surface area contributed by atoms with Gasteiger partial charge in [-0.1, -0.05) is 52.9 Å². The number of hydrogen-bond acceptors (Lipinski definition) is 10. The average Bonchev–Trinajstić information content (AvgIpc) is 3.68. The molecule has 14 heteroatoms. The zero-order chi connectivity index (χ0) is 30.4. The third kappa shape index (κ3) is 5.15. The lowest BCUT2D eigenvalue weighted by Crippen LogP contribution is -2.29. The maximum Gasteiger partial charge on any atom is 0.301 e. The molecular formula is C29H21ClN6O5S2. The molecule has 216 valence electrons. The number of aliphatic hydroxyl groups excluding tert-OH is 1. The van der Waals surface area contributed by atoms with E-state index in [4.69, 9.17) is 11.6 Å². The highest BCUT2D eigenvalue weighted by Crippen LogP contribution is 2.44. The number of hydrogen-bond donors (Lipinski definition) is 1. The van der Waals surface area contributed by atoms with Crippen LogP contribution in [0.25, 0.3) is 11.4 Å². The van der Waals surface area contributed by atoms with Gasteiger partial charge >= 0.3 is 5.91 Å². The van der Waals surface area contributed by atoms with E-state index in [-0.39, 0.29) is 22.1 Å². The number of aryl methyl sites for hydroxylation is 2. The maximum atomic E-state index is 13.6. The molecule has 43 heavy (non-hydrogen) atoms. The molecule has 0 spiro atoms. The van der Waals surface area contributed by atoms with E-state index in [1.165, 1.54) is 40.9 Å². The zero-order valence-corrected chi connectivity index (χ0v) is 25.0. The molecule has 11 nitrogen and oxygen atoms in total. The second-order valence-electron chi connectivity index (χ2n) is 9.71. The molecule has 3 aromatic heterocycles. The monoisotopic (exact) mass is 632 g/mol. The van der Waals surface area contributed by atoms with E-state index < -0.39 is 28.4 Å². The van der Waals surface area contributed by atoms with Crippen LogP contribution in [0.15, 0.2) is 76.8 Å². The van der Waals surface area contributed by atoms with Crippen LogP contribution in [0.4, 0.5) is 10.8 Å². The number of benzene rings is 2. The molecule has 1 N–H and O–H groups in total. The molecule has 1 amide bonds. The molecule has 0 saturated carbocycles. The van der Waals surface area contributed by atoms with E-state index in [2.05, 4.69) is 15.2 Å². The zero-order valence-electron chi connectivity index (χ0n) is 22.6. The van der Waals surface area contributed by atoms with Crippen molar-refractivity contribution in [2.45, 2.75) is 30.0 Å². The summed E-state index contributed by atoms with van der Waals surface area (Å²) in [5.74, 6) is -1.72. The molecule has 1 unspecified atom stereocenters. The van der Waals surface area contributed by atoms with Gasteiger partial charge in [0.25, 0.3) is 11.5 Å². The number of aliphatic hydroxyl groups is 1. The fraction of sp³-hybridized carbons (Fsp3) is 0.138. The molecule has 1 aliphatic rings. The van der Waals surface area contributed by atoms with E-state index in [0.29, 0.717) is 32.0 Å². The van der Waals surface area contributed by atoms with Gasteiger partial charge in [0.1, 0.15) is 11.3 Å². The number of anilines is 1. The standard InChI is InChI=1S/C29H21ClN6O5S2/c1-15-4-3-13-34-16(2)22(31-26(15)34)24(37)21-23(18-7-11-20(12-8-18)36(40)41)35(27(39)25(21)38)28-32-33-29(43-28)42-14-17-5-9-19(30)10-6-17/h3-13,23,37H,14H2,1-2H3. The van der Waals surface area contributed by atoms with Gasteiger partial charge in [0, 0.05) is 29.1 Å². The quantitative estimate of drug-likeness (QED) is 0.0417. The number of Topliss-reactive ketones (excluding diaryl/α,β-unsaturated/α-hetero) is 1. The van der Waals surface area contributed by atoms with Crippen molar-refractivity contribution in [3.05, 3.63) is 116 Å². The Balaban J connectivity index is 1.44. The normalized spacial score (nSPS) is 16.3.